The van der Waals surface area contributed by atoms with Gasteiger partial charge in [0.05, 0.1) is 6.54 Å². The molecule has 0 atom stereocenters. The molecule has 0 radical (unpaired) electrons. The van der Waals surface area contributed by atoms with E-state index in [4.69, 9.17) is 9.47 Å². The Labute approximate surface area is 161 Å². The smallest absolute Gasteiger partial charge is 0.191 e. The Hall–Kier alpha value is -2.76. The first kappa shape index (κ1) is 19.0. The van der Waals surface area contributed by atoms with Crippen molar-refractivity contribution in [1.82, 2.24) is 15.6 Å². The van der Waals surface area contributed by atoms with Gasteiger partial charge in [-0.2, -0.15) is 0 Å². The molecule has 1 aromatic heterocycles. The maximum atomic E-state index is 6.03. The van der Waals surface area contributed by atoms with Gasteiger partial charge in [0.25, 0.3) is 0 Å². The Morgan fingerprint density at radius 2 is 2.04 bits per heavy atom. The van der Waals surface area contributed by atoms with Crippen LogP contribution in [0.4, 0.5) is 0 Å². The summed E-state index contributed by atoms with van der Waals surface area (Å²) in [6, 6.07) is 12.0. The number of nitrogens with one attached hydrogen (secondary N) is 2. The van der Waals surface area contributed by atoms with Crippen LogP contribution in [-0.2, 0) is 12.8 Å². The third-order valence-corrected chi connectivity index (χ3v) is 4.33. The number of aliphatic imine (C=N–C) groups is 1. The molecule has 0 spiro atoms. The van der Waals surface area contributed by atoms with Crippen LogP contribution in [0.1, 0.15) is 25.1 Å². The lowest BCUT2D eigenvalue weighted by Gasteiger charge is -2.18. The summed E-state index contributed by atoms with van der Waals surface area (Å²) < 4.78 is 12.0. The van der Waals surface area contributed by atoms with Crippen molar-refractivity contribution in [2.75, 3.05) is 26.7 Å². The number of benzene rings is 1. The van der Waals surface area contributed by atoms with Gasteiger partial charge in [-0.25, -0.2) is 0 Å². The Morgan fingerprint density at radius 3 is 2.81 bits per heavy atom. The SMILES string of the molecule is CN=C(NCCOc1cccc2c1OC(C)(C)C2)NCCc1ccccn1. The normalized spacial score (nSPS) is 15.0. The van der Waals surface area contributed by atoms with E-state index in [9.17, 15) is 0 Å². The van der Waals surface area contributed by atoms with Crippen molar-refractivity contribution in [3.63, 3.8) is 0 Å². The lowest BCUT2D eigenvalue weighted by atomic mass is 10.0. The molecule has 2 heterocycles. The minimum absolute atomic E-state index is 0.167. The van der Waals surface area contributed by atoms with Crippen molar-refractivity contribution in [3.8, 4) is 11.5 Å². The molecular weight excluding hydrogens is 340 g/mol. The fraction of sp³-hybridized carbons (Fsp3) is 0.429. The van der Waals surface area contributed by atoms with E-state index >= 15 is 0 Å². The number of rotatable bonds is 7. The highest BCUT2D eigenvalue weighted by Crippen LogP contribution is 2.41. The number of ether oxygens (including phenoxy) is 2. The minimum atomic E-state index is -0.167. The van der Waals surface area contributed by atoms with Crippen LogP contribution in [0.2, 0.25) is 0 Å². The monoisotopic (exact) mass is 368 g/mol. The van der Waals surface area contributed by atoms with Gasteiger partial charge in [0, 0.05) is 43.9 Å². The molecule has 1 aliphatic heterocycles. The first-order valence-electron chi connectivity index (χ1n) is 9.35. The Kier molecular flexibility index (Phi) is 6.16. The predicted molar refractivity (Wildman–Crippen MR) is 108 cm³/mol. The highest BCUT2D eigenvalue weighted by Gasteiger charge is 2.32. The maximum absolute atomic E-state index is 6.03. The van der Waals surface area contributed by atoms with E-state index in [2.05, 4.69) is 40.5 Å². The summed E-state index contributed by atoms with van der Waals surface area (Å²) in [5, 5.41) is 6.55. The molecule has 0 bridgehead atoms. The molecule has 2 N–H and O–H groups in total. The molecule has 0 saturated heterocycles. The van der Waals surface area contributed by atoms with E-state index in [0.717, 1.165) is 42.5 Å². The largest absolute Gasteiger partial charge is 0.488 e. The molecular formula is C21H28N4O2. The van der Waals surface area contributed by atoms with Crippen LogP contribution in [0.5, 0.6) is 11.5 Å². The number of hydrogen-bond acceptors (Lipinski definition) is 4. The Morgan fingerprint density at radius 1 is 1.19 bits per heavy atom. The van der Waals surface area contributed by atoms with Gasteiger partial charge in [-0.15, -0.1) is 0 Å². The molecule has 0 unspecified atom stereocenters. The summed E-state index contributed by atoms with van der Waals surface area (Å²) in [6.07, 6.45) is 3.57. The molecule has 6 heteroatoms. The number of pyridine rings is 1. The average molecular weight is 368 g/mol. The summed E-state index contributed by atoms with van der Waals surface area (Å²) in [5.41, 5.74) is 2.10. The van der Waals surface area contributed by atoms with Gasteiger partial charge in [-0.3, -0.25) is 9.98 Å². The summed E-state index contributed by atoms with van der Waals surface area (Å²) >= 11 is 0. The van der Waals surface area contributed by atoms with Gasteiger partial charge in [0.2, 0.25) is 0 Å². The third kappa shape index (κ3) is 5.36. The van der Waals surface area contributed by atoms with E-state index in [1.807, 2.05) is 36.5 Å². The van der Waals surface area contributed by atoms with E-state index < -0.39 is 0 Å². The van der Waals surface area contributed by atoms with Crippen LogP contribution >= 0.6 is 0 Å². The summed E-state index contributed by atoms with van der Waals surface area (Å²) in [6.45, 7) is 6.14. The number of guanidine groups is 1. The molecule has 0 aliphatic carbocycles. The number of fused-ring (bicyclic) bond motifs is 1. The third-order valence-electron chi connectivity index (χ3n) is 4.33. The van der Waals surface area contributed by atoms with E-state index in [0.29, 0.717) is 13.2 Å². The fourth-order valence-electron chi connectivity index (χ4n) is 3.11. The second-order valence-corrected chi connectivity index (χ2v) is 7.13. The molecule has 1 aliphatic rings. The predicted octanol–water partition coefficient (Wildman–Crippen LogP) is 2.58. The van der Waals surface area contributed by atoms with Crippen molar-refractivity contribution in [2.24, 2.45) is 4.99 Å². The average Bonchev–Trinajstić information content (AvgIpc) is 2.99. The van der Waals surface area contributed by atoms with Crippen LogP contribution in [0.15, 0.2) is 47.6 Å². The van der Waals surface area contributed by atoms with Gasteiger partial charge in [-0.1, -0.05) is 18.2 Å². The molecule has 2 aromatic rings. The maximum Gasteiger partial charge on any atom is 0.191 e. The molecule has 3 rings (SSSR count). The van der Waals surface area contributed by atoms with E-state index in [1.54, 1.807) is 7.05 Å². The van der Waals surface area contributed by atoms with Gasteiger partial charge in [0.1, 0.15) is 12.2 Å². The summed E-state index contributed by atoms with van der Waals surface area (Å²) in [4.78, 5) is 8.55. The molecule has 1 aromatic carbocycles. The van der Waals surface area contributed by atoms with Crippen LogP contribution in [-0.4, -0.2) is 43.3 Å². The van der Waals surface area contributed by atoms with Gasteiger partial charge in [-0.05, 0) is 32.0 Å². The standard InChI is InChI=1S/C21H28N4O2/c1-21(2)15-16-7-6-9-18(19(16)27-21)26-14-13-25-20(22-3)24-12-10-17-8-4-5-11-23-17/h4-9,11H,10,12-15H2,1-3H3,(H2,22,24,25). The Balaban J connectivity index is 1.40. The van der Waals surface area contributed by atoms with Crippen molar-refractivity contribution in [2.45, 2.75) is 32.3 Å². The van der Waals surface area contributed by atoms with Crippen molar-refractivity contribution < 1.29 is 9.47 Å². The molecule has 0 fully saturated rings. The van der Waals surface area contributed by atoms with Crippen molar-refractivity contribution in [3.05, 3.63) is 53.9 Å². The number of nitrogens with zero attached hydrogens (tertiary/aromatic N) is 2. The van der Waals surface area contributed by atoms with Gasteiger partial charge < -0.3 is 20.1 Å². The second-order valence-electron chi connectivity index (χ2n) is 7.13. The minimum Gasteiger partial charge on any atom is -0.488 e. The van der Waals surface area contributed by atoms with Crippen molar-refractivity contribution in [1.29, 1.82) is 0 Å². The molecule has 6 nitrogen and oxygen atoms in total. The second kappa shape index (κ2) is 8.75. The lowest BCUT2D eigenvalue weighted by Crippen LogP contribution is -2.40. The molecule has 144 valence electrons. The quantitative estimate of drug-likeness (QED) is 0.447. The zero-order valence-corrected chi connectivity index (χ0v) is 16.3. The van der Waals surface area contributed by atoms with Crippen molar-refractivity contribution >= 4 is 5.96 Å². The highest BCUT2D eigenvalue weighted by molar-refractivity contribution is 5.79. The van der Waals surface area contributed by atoms with Crippen LogP contribution in [0.25, 0.3) is 0 Å². The topological polar surface area (TPSA) is 67.8 Å². The lowest BCUT2D eigenvalue weighted by molar-refractivity contribution is 0.132. The first-order chi connectivity index (χ1) is 13.1. The number of hydrogen-bond donors (Lipinski definition) is 2. The first-order valence-corrected chi connectivity index (χ1v) is 9.35. The summed E-state index contributed by atoms with van der Waals surface area (Å²) in [7, 11) is 1.76. The zero-order valence-electron chi connectivity index (χ0n) is 16.3. The van der Waals surface area contributed by atoms with E-state index in [1.165, 1.54) is 5.56 Å². The fourth-order valence-corrected chi connectivity index (χ4v) is 3.11. The van der Waals surface area contributed by atoms with Crippen LogP contribution in [0.3, 0.4) is 0 Å². The Bertz CT molecular complexity index is 775. The van der Waals surface area contributed by atoms with Crippen LogP contribution < -0.4 is 20.1 Å². The van der Waals surface area contributed by atoms with E-state index in [-0.39, 0.29) is 5.60 Å². The number of para-hydroxylation sites is 1. The zero-order chi connectivity index (χ0) is 19.1. The molecule has 0 saturated carbocycles. The summed E-state index contributed by atoms with van der Waals surface area (Å²) in [5.74, 6) is 2.43. The molecule has 27 heavy (non-hydrogen) atoms. The van der Waals surface area contributed by atoms with Gasteiger partial charge >= 0.3 is 0 Å². The van der Waals surface area contributed by atoms with Gasteiger partial charge in [0.15, 0.2) is 17.5 Å². The highest BCUT2D eigenvalue weighted by atomic mass is 16.5. The molecule has 0 amide bonds. The van der Waals surface area contributed by atoms with Crippen LogP contribution in [0, 0.1) is 0 Å². The number of aromatic nitrogens is 1.